The number of rotatable bonds is 24. The van der Waals surface area contributed by atoms with E-state index in [4.69, 9.17) is 4.74 Å². The van der Waals surface area contributed by atoms with Gasteiger partial charge in [-0.15, -0.1) is 0 Å². The van der Waals surface area contributed by atoms with Gasteiger partial charge in [-0.1, -0.05) is 136 Å². The summed E-state index contributed by atoms with van der Waals surface area (Å²) in [6, 6.07) is 0. The van der Waals surface area contributed by atoms with E-state index in [-0.39, 0.29) is 5.97 Å². The number of allylic oxidation sites excluding steroid dienone is 1. The second-order valence-electron chi connectivity index (χ2n) is 11.0. The Balaban J connectivity index is 3.48. The molecule has 0 spiro atoms. The summed E-state index contributed by atoms with van der Waals surface area (Å²) in [6.45, 7) is 11.8. The molecule has 33 heavy (non-hydrogen) atoms. The van der Waals surface area contributed by atoms with Gasteiger partial charge in [0.1, 0.15) is 6.61 Å². The smallest absolute Gasteiger partial charge is 0.306 e. The van der Waals surface area contributed by atoms with E-state index in [1.54, 1.807) is 0 Å². The molecule has 0 aliphatic rings. The Morgan fingerprint density at radius 2 is 1.18 bits per heavy atom. The summed E-state index contributed by atoms with van der Waals surface area (Å²) in [4.78, 5) is 11.9. The van der Waals surface area contributed by atoms with E-state index in [0.717, 1.165) is 31.1 Å². The van der Waals surface area contributed by atoms with Crippen LogP contribution in [0.2, 0.25) is 0 Å². The first-order valence-electron chi connectivity index (χ1n) is 14.8. The maximum Gasteiger partial charge on any atom is 0.306 e. The molecule has 0 aromatic rings. The number of carbonyl (C=O) groups is 1. The molecule has 2 nitrogen and oxygen atoms in total. The zero-order chi connectivity index (χ0) is 24.6. The molecule has 2 heteroatoms. The van der Waals surface area contributed by atoms with Crippen LogP contribution in [0.3, 0.4) is 0 Å². The SMILES string of the molecule is CCCCCCCCCCCCCCC/C(C)=C/COC(=O)CCC[C@@H](C)CCCC(C)C. The lowest BCUT2D eigenvalue weighted by atomic mass is 9.95. The second-order valence-corrected chi connectivity index (χ2v) is 11.0. The summed E-state index contributed by atoms with van der Waals surface area (Å²) >= 11 is 0. The van der Waals surface area contributed by atoms with Crippen LogP contribution in [0.5, 0.6) is 0 Å². The normalized spacial score (nSPS) is 13.0. The van der Waals surface area contributed by atoms with Crippen molar-refractivity contribution in [1.29, 1.82) is 0 Å². The molecule has 0 rings (SSSR count). The Labute approximate surface area is 208 Å². The summed E-state index contributed by atoms with van der Waals surface area (Å²) in [5.74, 6) is 1.49. The van der Waals surface area contributed by atoms with Crippen molar-refractivity contribution in [3.05, 3.63) is 11.6 Å². The van der Waals surface area contributed by atoms with Crippen LogP contribution in [-0.4, -0.2) is 12.6 Å². The minimum Gasteiger partial charge on any atom is -0.461 e. The van der Waals surface area contributed by atoms with Gasteiger partial charge in [-0.2, -0.15) is 0 Å². The molecule has 1 atom stereocenters. The molecule has 0 aromatic carbocycles. The maximum absolute atomic E-state index is 11.9. The molecule has 196 valence electrons. The lowest BCUT2D eigenvalue weighted by molar-refractivity contribution is -0.142. The van der Waals surface area contributed by atoms with Gasteiger partial charge in [-0.05, 0) is 44.1 Å². The number of hydrogen-bond donors (Lipinski definition) is 0. The molecule has 0 aromatic heterocycles. The molecule has 0 fully saturated rings. The topological polar surface area (TPSA) is 26.3 Å². The van der Waals surface area contributed by atoms with Crippen molar-refractivity contribution in [2.75, 3.05) is 6.61 Å². The third kappa shape index (κ3) is 25.7. The second kappa shape index (κ2) is 24.3. The zero-order valence-corrected chi connectivity index (χ0v) is 23.4. The summed E-state index contributed by atoms with van der Waals surface area (Å²) in [5, 5.41) is 0. The first-order valence-corrected chi connectivity index (χ1v) is 14.8. The van der Waals surface area contributed by atoms with Crippen molar-refractivity contribution in [3.63, 3.8) is 0 Å². The monoisotopic (exact) mass is 464 g/mol. The van der Waals surface area contributed by atoms with Crippen LogP contribution in [0.25, 0.3) is 0 Å². The Hall–Kier alpha value is -0.790. The predicted octanol–water partition coefficient (Wildman–Crippen LogP) is 10.6. The van der Waals surface area contributed by atoms with Gasteiger partial charge in [-0.25, -0.2) is 0 Å². The fourth-order valence-corrected chi connectivity index (χ4v) is 4.49. The standard InChI is InChI=1S/C31H60O2/c1-6-7-8-9-10-11-12-13-14-15-16-17-18-22-30(5)26-27-33-31(32)25-20-24-29(4)23-19-21-28(2)3/h26,28-29H,6-25,27H2,1-5H3/b30-26+/t29-/m0/s1. The Kier molecular flexibility index (Phi) is 23.8. The van der Waals surface area contributed by atoms with Crippen LogP contribution in [0.1, 0.15) is 163 Å². The van der Waals surface area contributed by atoms with Gasteiger partial charge < -0.3 is 4.74 Å². The highest BCUT2D eigenvalue weighted by molar-refractivity contribution is 5.69. The largest absolute Gasteiger partial charge is 0.461 e. The number of unbranched alkanes of at least 4 members (excludes halogenated alkanes) is 12. The number of hydrogen-bond acceptors (Lipinski definition) is 2. The van der Waals surface area contributed by atoms with Crippen LogP contribution in [-0.2, 0) is 9.53 Å². The number of ether oxygens (including phenoxy) is 1. The van der Waals surface area contributed by atoms with Gasteiger partial charge in [-0.3, -0.25) is 4.79 Å². The minimum absolute atomic E-state index is 0.0330. The minimum atomic E-state index is -0.0330. The third-order valence-corrected chi connectivity index (χ3v) is 6.91. The van der Waals surface area contributed by atoms with E-state index in [2.05, 4.69) is 40.7 Å². The number of carbonyl (C=O) groups excluding carboxylic acids is 1. The molecule has 0 unspecified atom stereocenters. The summed E-state index contributed by atoms with van der Waals surface area (Å²) in [5.41, 5.74) is 1.37. The molecule has 0 N–H and O–H groups in total. The summed E-state index contributed by atoms with van der Waals surface area (Å²) in [6.07, 6.45) is 28.0. The Morgan fingerprint density at radius 1 is 0.667 bits per heavy atom. The molecule has 0 aliphatic heterocycles. The van der Waals surface area contributed by atoms with Crippen molar-refractivity contribution in [2.24, 2.45) is 11.8 Å². The highest BCUT2D eigenvalue weighted by Crippen LogP contribution is 2.18. The molecular weight excluding hydrogens is 404 g/mol. The van der Waals surface area contributed by atoms with Crippen molar-refractivity contribution >= 4 is 5.97 Å². The molecule has 0 radical (unpaired) electrons. The molecular formula is C31H60O2. The third-order valence-electron chi connectivity index (χ3n) is 6.91. The quantitative estimate of drug-likeness (QED) is 0.0806. The van der Waals surface area contributed by atoms with Gasteiger partial charge in [0.25, 0.3) is 0 Å². The first kappa shape index (κ1) is 32.2. The fraction of sp³-hybridized carbons (Fsp3) is 0.903. The van der Waals surface area contributed by atoms with Crippen LogP contribution in [0, 0.1) is 11.8 Å². The van der Waals surface area contributed by atoms with E-state index in [0.29, 0.717) is 13.0 Å². The Bertz CT molecular complexity index is 452. The van der Waals surface area contributed by atoms with Crippen LogP contribution >= 0.6 is 0 Å². The van der Waals surface area contributed by atoms with Gasteiger partial charge in [0, 0.05) is 6.42 Å². The average Bonchev–Trinajstić information content (AvgIpc) is 2.76. The Morgan fingerprint density at radius 3 is 1.73 bits per heavy atom. The number of esters is 1. The summed E-state index contributed by atoms with van der Waals surface area (Å²) < 4.78 is 5.41. The molecule has 0 aliphatic carbocycles. The fourth-order valence-electron chi connectivity index (χ4n) is 4.49. The highest BCUT2D eigenvalue weighted by atomic mass is 16.5. The van der Waals surface area contributed by atoms with Gasteiger partial charge in [0.15, 0.2) is 0 Å². The van der Waals surface area contributed by atoms with Crippen molar-refractivity contribution in [2.45, 2.75) is 163 Å². The van der Waals surface area contributed by atoms with E-state index in [1.807, 2.05) is 0 Å². The molecule has 0 bridgehead atoms. The van der Waals surface area contributed by atoms with E-state index < -0.39 is 0 Å². The van der Waals surface area contributed by atoms with Gasteiger partial charge in [0.2, 0.25) is 0 Å². The van der Waals surface area contributed by atoms with Crippen LogP contribution < -0.4 is 0 Å². The molecule has 0 saturated carbocycles. The van der Waals surface area contributed by atoms with Crippen molar-refractivity contribution in [1.82, 2.24) is 0 Å². The maximum atomic E-state index is 11.9. The lowest BCUT2D eigenvalue weighted by Gasteiger charge is -2.11. The van der Waals surface area contributed by atoms with Crippen molar-refractivity contribution < 1.29 is 9.53 Å². The average molecular weight is 465 g/mol. The van der Waals surface area contributed by atoms with E-state index in [1.165, 1.54) is 108 Å². The molecule has 0 amide bonds. The predicted molar refractivity (Wildman–Crippen MR) is 147 cm³/mol. The first-order chi connectivity index (χ1) is 16.0. The lowest BCUT2D eigenvalue weighted by Crippen LogP contribution is -2.06. The highest BCUT2D eigenvalue weighted by Gasteiger charge is 2.07. The van der Waals surface area contributed by atoms with E-state index >= 15 is 0 Å². The molecule has 0 heterocycles. The van der Waals surface area contributed by atoms with Gasteiger partial charge >= 0.3 is 5.97 Å². The van der Waals surface area contributed by atoms with E-state index in [9.17, 15) is 4.79 Å². The van der Waals surface area contributed by atoms with Crippen LogP contribution in [0.15, 0.2) is 11.6 Å². The molecule has 0 saturated heterocycles. The van der Waals surface area contributed by atoms with Crippen LogP contribution in [0.4, 0.5) is 0 Å². The zero-order valence-electron chi connectivity index (χ0n) is 23.4. The van der Waals surface area contributed by atoms with Crippen molar-refractivity contribution in [3.8, 4) is 0 Å². The van der Waals surface area contributed by atoms with Gasteiger partial charge in [0.05, 0.1) is 0 Å². The summed E-state index contributed by atoms with van der Waals surface area (Å²) in [7, 11) is 0.